The summed E-state index contributed by atoms with van der Waals surface area (Å²) in [5.74, 6) is 1.40. The van der Waals surface area contributed by atoms with Crippen LogP contribution in [0.5, 0.6) is 11.5 Å². The SMILES string of the molecule is CCCCN(C)C(=O)NC1(c2ccc(OC)c(OC)c2)CC1. The molecule has 1 fully saturated rings. The van der Waals surface area contributed by atoms with Gasteiger partial charge in [0, 0.05) is 13.6 Å². The molecule has 1 aliphatic rings. The van der Waals surface area contributed by atoms with Gasteiger partial charge in [-0.1, -0.05) is 19.4 Å². The summed E-state index contributed by atoms with van der Waals surface area (Å²) in [4.78, 5) is 14.1. The van der Waals surface area contributed by atoms with E-state index in [1.807, 2.05) is 25.2 Å². The number of nitrogens with zero attached hydrogens (tertiary/aromatic N) is 1. The minimum Gasteiger partial charge on any atom is -0.493 e. The van der Waals surface area contributed by atoms with Crippen molar-refractivity contribution >= 4 is 6.03 Å². The highest BCUT2D eigenvalue weighted by Gasteiger charge is 2.46. The van der Waals surface area contributed by atoms with Gasteiger partial charge in [0.25, 0.3) is 0 Å². The highest BCUT2D eigenvalue weighted by atomic mass is 16.5. The molecule has 0 aromatic heterocycles. The number of ether oxygens (including phenoxy) is 2. The maximum atomic E-state index is 12.3. The first-order chi connectivity index (χ1) is 10.6. The predicted molar refractivity (Wildman–Crippen MR) is 86.5 cm³/mol. The lowest BCUT2D eigenvalue weighted by molar-refractivity contribution is 0.202. The molecule has 2 amide bonds. The number of benzene rings is 1. The van der Waals surface area contributed by atoms with Crippen molar-refractivity contribution in [3.05, 3.63) is 23.8 Å². The summed E-state index contributed by atoms with van der Waals surface area (Å²) >= 11 is 0. The van der Waals surface area contributed by atoms with Gasteiger partial charge in [-0.05, 0) is 37.0 Å². The molecular weight excluding hydrogens is 280 g/mol. The average Bonchev–Trinajstić information content (AvgIpc) is 3.32. The quantitative estimate of drug-likeness (QED) is 0.842. The zero-order valence-electron chi connectivity index (χ0n) is 13.9. The van der Waals surface area contributed by atoms with Crippen molar-refractivity contribution in [2.45, 2.75) is 38.1 Å². The number of hydrogen-bond donors (Lipinski definition) is 1. The molecule has 1 saturated carbocycles. The zero-order valence-corrected chi connectivity index (χ0v) is 13.9. The lowest BCUT2D eigenvalue weighted by Gasteiger charge is -2.24. The molecule has 2 rings (SSSR count). The zero-order chi connectivity index (χ0) is 16.2. The Labute approximate surface area is 132 Å². The van der Waals surface area contributed by atoms with Crippen LogP contribution in [0.25, 0.3) is 0 Å². The maximum absolute atomic E-state index is 12.3. The fraction of sp³-hybridized carbons (Fsp3) is 0.588. The number of rotatable bonds is 7. The number of unbranched alkanes of at least 4 members (excludes halogenated alkanes) is 1. The largest absolute Gasteiger partial charge is 0.493 e. The van der Waals surface area contributed by atoms with E-state index in [2.05, 4.69) is 12.2 Å². The van der Waals surface area contributed by atoms with Crippen molar-refractivity contribution in [1.82, 2.24) is 10.2 Å². The summed E-state index contributed by atoms with van der Waals surface area (Å²) in [5, 5.41) is 3.17. The van der Waals surface area contributed by atoms with E-state index >= 15 is 0 Å². The van der Waals surface area contributed by atoms with Gasteiger partial charge in [0.05, 0.1) is 19.8 Å². The number of carbonyl (C=O) groups is 1. The minimum atomic E-state index is -0.253. The first-order valence-corrected chi connectivity index (χ1v) is 7.82. The Balaban J connectivity index is 2.09. The molecule has 0 aliphatic heterocycles. The Morgan fingerprint density at radius 1 is 1.27 bits per heavy atom. The first kappa shape index (κ1) is 16.5. The van der Waals surface area contributed by atoms with E-state index in [9.17, 15) is 4.79 Å². The van der Waals surface area contributed by atoms with Crippen LogP contribution in [0.4, 0.5) is 4.79 Å². The van der Waals surface area contributed by atoms with Crippen molar-refractivity contribution in [2.24, 2.45) is 0 Å². The third-order valence-electron chi connectivity index (χ3n) is 4.23. The van der Waals surface area contributed by atoms with Gasteiger partial charge in [-0.15, -0.1) is 0 Å². The summed E-state index contributed by atoms with van der Waals surface area (Å²) in [7, 11) is 5.09. The Morgan fingerprint density at radius 2 is 1.95 bits per heavy atom. The molecule has 122 valence electrons. The average molecular weight is 306 g/mol. The third-order valence-corrected chi connectivity index (χ3v) is 4.23. The van der Waals surface area contributed by atoms with E-state index in [-0.39, 0.29) is 11.6 Å². The Morgan fingerprint density at radius 3 is 2.50 bits per heavy atom. The maximum Gasteiger partial charge on any atom is 0.317 e. The molecule has 0 atom stereocenters. The highest BCUT2D eigenvalue weighted by molar-refractivity contribution is 5.75. The molecule has 0 bridgehead atoms. The van der Waals surface area contributed by atoms with Crippen LogP contribution in [-0.2, 0) is 5.54 Å². The fourth-order valence-corrected chi connectivity index (χ4v) is 2.54. The second kappa shape index (κ2) is 6.90. The van der Waals surface area contributed by atoms with Crippen molar-refractivity contribution in [2.75, 3.05) is 27.8 Å². The number of methoxy groups -OCH3 is 2. The van der Waals surface area contributed by atoms with Crippen LogP contribution in [0.15, 0.2) is 18.2 Å². The van der Waals surface area contributed by atoms with Crippen molar-refractivity contribution in [3.63, 3.8) is 0 Å². The van der Waals surface area contributed by atoms with Crippen LogP contribution < -0.4 is 14.8 Å². The topological polar surface area (TPSA) is 50.8 Å². The van der Waals surface area contributed by atoms with Crippen LogP contribution in [-0.4, -0.2) is 38.7 Å². The molecule has 0 spiro atoms. The third kappa shape index (κ3) is 3.46. The van der Waals surface area contributed by atoms with Gasteiger partial charge < -0.3 is 19.7 Å². The Kier molecular flexibility index (Phi) is 5.16. The lowest BCUT2D eigenvalue weighted by atomic mass is 10.0. The summed E-state index contributed by atoms with van der Waals surface area (Å²) < 4.78 is 10.6. The number of nitrogens with one attached hydrogen (secondary N) is 1. The molecule has 0 heterocycles. The lowest BCUT2D eigenvalue weighted by Crippen LogP contribution is -2.43. The number of urea groups is 1. The molecule has 1 aromatic rings. The van der Waals surface area contributed by atoms with Crippen LogP contribution in [0, 0.1) is 0 Å². The van der Waals surface area contributed by atoms with Crippen LogP contribution in [0.1, 0.15) is 38.2 Å². The number of hydrogen-bond acceptors (Lipinski definition) is 3. The van der Waals surface area contributed by atoms with E-state index in [1.54, 1.807) is 19.1 Å². The number of amides is 2. The molecule has 1 aliphatic carbocycles. The Hall–Kier alpha value is -1.91. The fourth-order valence-electron chi connectivity index (χ4n) is 2.54. The van der Waals surface area contributed by atoms with E-state index in [0.717, 1.165) is 37.8 Å². The molecule has 0 unspecified atom stereocenters. The van der Waals surface area contributed by atoms with Crippen molar-refractivity contribution < 1.29 is 14.3 Å². The minimum absolute atomic E-state index is 0.0132. The molecular formula is C17H26N2O3. The molecule has 1 N–H and O–H groups in total. The molecule has 5 heteroatoms. The van der Waals surface area contributed by atoms with Gasteiger partial charge >= 0.3 is 6.03 Å². The van der Waals surface area contributed by atoms with E-state index in [4.69, 9.17) is 9.47 Å². The second-order valence-electron chi connectivity index (χ2n) is 5.86. The van der Waals surface area contributed by atoms with E-state index in [1.165, 1.54) is 0 Å². The monoisotopic (exact) mass is 306 g/mol. The van der Waals surface area contributed by atoms with Crippen molar-refractivity contribution in [3.8, 4) is 11.5 Å². The smallest absolute Gasteiger partial charge is 0.317 e. The molecule has 5 nitrogen and oxygen atoms in total. The van der Waals surface area contributed by atoms with Crippen LogP contribution >= 0.6 is 0 Å². The summed E-state index contributed by atoms with van der Waals surface area (Å²) in [6.07, 6.45) is 4.01. The predicted octanol–water partition coefficient (Wildman–Crippen LogP) is 3.13. The van der Waals surface area contributed by atoms with Gasteiger partial charge in [-0.3, -0.25) is 0 Å². The van der Waals surface area contributed by atoms with Crippen molar-refractivity contribution in [1.29, 1.82) is 0 Å². The standard InChI is InChI=1S/C17H26N2O3/c1-5-6-11-19(2)16(20)18-17(9-10-17)13-7-8-14(21-3)15(12-13)22-4/h7-8,12H,5-6,9-11H2,1-4H3,(H,18,20). The van der Waals surface area contributed by atoms with Crippen LogP contribution in [0.3, 0.4) is 0 Å². The summed E-state index contributed by atoms with van der Waals surface area (Å²) in [6.45, 7) is 2.90. The first-order valence-electron chi connectivity index (χ1n) is 7.82. The molecule has 0 radical (unpaired) electrons. The van der Waals surface area contributed by atoms with Gasteiger partial charge in [0.15, 0.2) is 11.5 Å². The summed E-state index contributed by atoms with van der Waals surface area (Å²) in [6, 6.07) is 5.83. The summed E-state index contributed by atoms with van der Waals surface area (Å²) in [5.41, 5.74) is 0.819. The van der Waals surface area contributed by atoms with Gasteiger partial charge in [0.2, 0.25) is 0 Å². The van der Waals surface area contributed by atoms with Gasteiger partial charge in [-0.2, -0.15) is 0 Å². The van der Waals surface area contributed by atoms with Gasteiger partial charge in [-0.25, -0.2) is 4.79 Å². The normalized spacial score (nSPS) is 15.1. The Bertz CT molecular complexity index is 527. The second-order valence-corrected chi connectivity index (χ2v) is 5.86. The number of carbonyl (C=O) groups excluding carboxylic acids is 1. The van der Waals surface area contributed by atoms with E-state index in [0.29, 0.717) is 11.5 Å². The van der Waals surface area contributed by atoms with Gasteiger partial charge in [0.1, 0.15) is 0 Å². The van der Waals surface area contributed by atoms with E-state index < -0.39 is 0 Å². The molecule has 0 saturated heterocycles. The molecule has 1 aromatic carbocycles. The van der Waals surface area contributed by atoms with Crippen LogP contribution in [0.2, 0.25) is 0 Å². The molecule has 22 heavy (non-hydrogen) atoms. The highest BCUT2D eigenvalue weighted by Crippen LogP contribution is 2.47.